The molecular weight excluding hydrogens is 260 g/mol. The Morgan fingerprint density at radius 1 is 1.15 bits per heavy atom. The van der Waals surface area contributed by atoms with Crippen LogP contribution in [-0.4, -0.2) is 11.5 Å². The zero-order valence-electron chi connectivity index (χ0n) is 10.7. The van der Waals surface area contributed by atoms with Gasteiger partial charge in [0.25, 0.3) is 0 Å². The monoisotopic (exact) mass is 273 g/mol. The van der Waals surface area contributed by atoms with E-state index >= 15 is 0 Å². The zero-order chi connectivity index (χ0) is 14.4. The fraction of sp³-hybridized carbons (Fsp3) is 0.200. The second kappa shape index (κ2) is 6.73. The molecule has 0 spiro atoms. The number of hydrogen-bond donors (Lipinski definition) is 1. The highest BCUT2D eigenvalue weighted by Gasteiger charge is 2.10. The van der Waals surface area contributed by atoms with Gasteiger partial charge in [-0.2, -0.15) is 5.26 Å². The maximum atomic E-state index is 13.6. The highest BCUT2D eigenvalue weighted by atomic mass is 19.1. The number of nitriles is 1. The first-order valence-electron chi connectivity index (χ1n) is 6.18. The Hall–Kier alpha value is -2.32. The van der Waals surface area contributed by atoms with Crippen molar-refractivity contribution in [3.05, 3.63) is 65.0 Å². The van der Waals surface area contributed by atoms with Gasteiger partial charge in [-0.05, 0) is 42.8 Å². The van der Waals surface area contributed by atoms with Gasteiger partial charge in [-0.1, -0.05) is 0 Å². The van der Waals surface area contributed by atoms with Gasteiger partial charge in [0.05, 0.1) is 11.6 Å². The van der Waals surface area contributed by atoms with Crippen LogP contribution in [0.3, 0.4) is 0 Å². The van der Waals surface area contributed by atoms with Crippen molar-refractivity contribution in [2.45, 2.75) is 13.0 Å². The topological polar surface area (TPSA) is 48.7 Å². The van der Waals surface area contributed by atoms with E-state index in [2.05, 4.69) is 10.3 Å². The molecule has 102 valence electrons. The Morgan fingerprint density at radius 3 is 2.40 bits per heavy atom. The third kappa shape index (κ3) is 3.59. The second-order valence-electron chi connectivity index (χ2n) is 4.31. The number of pyridine rings is 1. The first-order valence-corrected chi connectivity index (χ1v) is 6.18. The molecule has 1 aromatic carbocycles. The molecule has 0 aliphatic rings. The molecule has 1 aromatic heterocycles. The number of nitrogens with zero attached hydrogens (tertiary/aromatic N) is 2. The molecular formula is C15H13F2N3. The van der Waals surface area contributed by atoms with Gasteiger partial charge in [0.1, 0.15) is 11.6 Å². The third-order valence-corrected chi connectivity index (χ3v) is 2.91. The van der Waals surface area contributed by atoms with Crippen LogP contribution in [0.25, 0.3) is 0 Å². The molecule has 0 atom stereocenters. The molecule has 1 N–H and O–H groups in total. The molecule has 0 fully saturated rings. The highest BCUT2D eigenvalue weighted by molar-refractivity contribution is 5.34. The van der Waals surface area contributed by atoms with E-state index in [1.807, 2.05) is 12.1 Å². The number of halogens is 2. The van der Waals surface area contributed by atoms with Crippen molar-refractivity contribution >= 4 is 0 Å². The standard InChI is InChI=1S/C15H13F2N3/c16-14-7-12(9-18)8-15(17)13(14)10-20-6-3-11-1-4-19-5-2-11/h1-2,4-5,7-8,20H,3,6,10H2. The van der Waals surface area contributed by atoms with E-state index in [1.54, 1.807) is 18.5 Å². The molecule has 1 heterocycles. The maximum Gasteiger partial charge on any atom is 0.131 e. The highest BCUT2D eigenvalue weighted by Crippen LogP contribution is 2.14. The van der Waals surface area contributed by atoms with Crippen LogP contribution in [0.1, 0.15) is 16.7 Å². The third-order valence-electron chi connectivity index (χ3n) is 2.91. The summed E-state index contributed by atoms with van der Waals surface area (Å²) in [6, 6.07) is 7.59. The summed E-state index contributed by atoms with van der Waals surface area (Å²) in [5.74, 6) is -1.39. The number of rotatable bonds is 5. The van der Waals surface area contributed by atoms with Crippen molar-refractivity contribution in [3.63, 3.8) is 0 Å². The van der Waals surface area contributed by atoms with Crippen molar-refractivity contribution in [2.75, 3.05) is 6.54 Å². The lowest BCUT2D eigenvalue weighted by atomic mass is 10.1. The van der Waals surface area contributed by atoms with Gasteiger partial charge in [0.2, 0.25) is 0 Å². The summed E-state index contributed by atoms with van der Waals surface area (Å²) in [5.41, 5.74) is 1.05. The van der Waals surface area contributed by atoms with Crippen LogP contribution in [0.4, 0.5) is 8.78 Å². The Morgan fingerprint density at radius 2 is 1.80 bits per heavy atom. The van der Waals surface area contributed by atoms with E-state index in [1.165, 1.54) is 0 Å². The fourth-order valence-corrected chi connectivity index (χ4v) is 1.83. The average molecular weight is 273 g/mol. The smallest absolute Gasteiger partial charge is 0.131 e. The maximum absolute atomic E-state index is 13.6. The number of hydrogen-bond acceptors (Lipinski definition) is 3. The lowest BCUT2D eigenvalue weighted by Gasteiger charge is -2.07. The van der Waals surface area contributed by atoms with Crippen molar-refractivity contribution in [2.24, 2.45) is 0 Å². The first-order chi connectivity index (χ1) is 9.70. The van der Waals surface area contributed by atoms with Gasteiger partial charge >= 0.3 is 0 Å². The number of aromatic nitrogens is 1. The Balaban J connectivity index is 1.90. The number of nitrogens with one attached hydrogen (secondary N) is 1. The molecule has 2 rings (SSSR count). The minimum Gasteiger partial charge on any atom is -0.312 e. The Bertz CT molecular complexity index is 598. The quantitative estimate of drug-likeness (QED) is 0.852. The number of benzene rings is 1. The normalized spacial score (nSPS) is 10.2. The minimum absolute atomic E-state index is 0.0134. The lowest BCUT2D eigenvalue weighted by Crippen LogP contribution is -2.18. The molecule has 3 nitrogen and oxygen atoms in total. The SMILES string of the molecule is N#Cc1cc(F)c(CNCCc2ccncc2)c(F)c1. The van der Waals surface area contributed by atoms with Gasteiger partial charge in [0, 0.05) is 24.5 Å². The molecule has 20 heavy (non-hydrogen) atoms. The first kappa shape index (κ1) is 14.1. The van der Waals surface area contributed by atoms with Crippen LogP contribution in [0, 0.1) is 23.0 Å². The lowest BCUT2D eigenvalue weighted by molar-refractivity contribution is 0.535. The molecule has 0 bridgehead atoms. The predicted molar refractivity (Wildman–Crippen MR) is 70.7 cm³/mol. The van der Waals surface area contributed by atoms with Crippen molar-refractivity contribution in [1.29, 1.82) is 5.26 Å². The Kier molecular flexibility index (Phi) is 4.75. The van der Waals surface area contributed by atoms with Gasteiger partial charge in [-0.3, -0.25) is 4.98 Å². The summed E-state index contributed by atoms with van der Waals surface area (Å²) in [6.45, 7) is 0.692. The summed E-state index contributed by atoms with van der Waals surface area (Å²) in [5, 5.41) is 11.6. The van der Waals surface area contributed by atoms with Crippen LogP contribution >= 0.6 is 0 Å². The van der Waals surface area contributed by atoms with Crippen LogP contribution in [0.2, 0.25) is 0 Å². The molecule has 0 saturated carbocycles. The van der Waals surface area contributed by atoms with Crippen molar-refractivity contribution in [1.82, 2.24) is 10.3 Å². The van der Waals surface area contributed by atoms with Crippen molar-refractivity contribution in [3.8, 4) is 6.07 Å². The predicted octanol–water partition coefficient (Wildman–Crippen LogP) is 2.56. The average Bonchev–Trinajstić information content (AvgIpc) is 2.46. The molecule has 0 aliphatic heterocycles. The van der Waals surface area contributed by atoms with E-state index in [0.29, 0.717) is 6.54 Å². The fourth-order valence-electron chi connectivity index (χ4n) is 1.83. The van der Waals surface area contributed by atoms with E-state index < -0.39 is 11.6 Å². The van der Waals surface area contributed by atoms with Crippen LogP contribution in [0.15, 0.2) is 36.7 Å². The van der Waals surface area contributed by atoms with Gasteiger partial charge in [-0.25, -0.2) is 8.78 Å². The summed E-state index contributed by atoms with van der Waals surface area (Å²) in [6.07, 6.45) is 4.16. The van der Waals surface area contributed by atoms with E-state index in [-0.39, 0.29) is 17.7 Å². The largest absolute Gasteiger partial charge is 0.312 e. The molecule has 0 aliphatic carbocycles. The second-order valence-corrected chi connectivity index (χ2v) is 4.31. The summed E-state index contributed by atoms with van der Waals surface area (Å²) in [7, 11) is 0. The van der Waals surface area contributed by atoms with E-state index in [9.17, 15) is 8.78 Å². The van der Waals surface area contributed by atoms with Crippen LogP contribution in [0.5, 0.6) is 0 Å². The molecule has 0 saturated heterocycles. The summed E-state index contributed by atoms with van der Waals surface area (Å²) < 4.78 is 27.2. The molecule has 0 unspecified atom stereocenters. The molecule has 2 aromatic rings. The van der Waals surface area contributed by atoms with Crippen LogP contribution in [-0.2, 0) is 13.0 Å². The summed E-state index contributed by atoms with van der Waals surface area (Å²) >= 11 is 0. The summed E-state index contributed by atoms with van der Waals surface area (Å²) in [4.78, 5) is 3.91. The van der Waals surface area contributed by atoms with E-state index in [4.69, 9.17) is 5.26 Å². The van der Waals surface area contributed by atoms with Crippen molar-refractivity contribution < 1.29 is 8.78 Å². The van der Waals surface area contributed by atoms with Gasteiger partial charge in [-0.15, -0.1) is 0 Å². The zero-order valence-corrected chi connectivity index (χ0v) is 10.7. The molecule has 0 radical (unpaired) electrons. The van der Waals surface area contributed by atoms with Crippen LogP contribution < -0.4 is 5.32 Å². The minimum atomic E-state index is -0.696. The Labute approximate surface area is 115 Å². The van der Waals surface area contributed by atoms with E-state index in [0.717, 1.165) is 24.1 Å². The van der Waals surface area contributed by atoms with Gasteiger partial charge in [0.15, 0.2) is 0 Å². The molecule has 0 amide bonds. The van der Waals surface area contributed by atoms with Gasteiger partial charge < -0.3 is 5.32 Å². The molecule has 5 heteroatoms.